The molecule has 3 aromatic rings. The van der Waals surface area contributed by atoms with E-state index in [0.29, 0.717) is 12.5 Å². The van der Waals surface area contributed by atoms with Gasteiger partial charge in [0.2, 0.25) is 5.95 Å². The standard InChI is InChI=1S/C12H12N4S/c1-8-3-2-4-9-11(8)16(12(13)15-9)7-10-14-5-6-17-10/h2-6H,7H2,1H3,(H2,13,15). The number of hydrogen-bond donors (Lipinski definition) is 1. The number of fused-ring (bicyclic) bond motifs is 1. The molecule has 0 spiro atoms. The third-order valence-electron chi connectivity index (χ3n) is 2.77. The van der Waals surface area contributed by atoms with Crippen LogP contribution in [0.1, 0.15) is 10.6 Å². The Morgan fingerprint density at radius 3 is 3.06 bits per heavy atom. The summed E-state index contributed by atoms with van der Waals surface area (Å²) in [6, 6.07) is 6.05. The van der Waals surface area contributed by atoms with Gasteiger partial charge in [0, 0.05) is 11.6 Å². The number of anilines is 1. The summed E-state index contributed by atoms with van der Waals surface area (Å²) < 4.78 is 2.02. The zero-order valence-corrected chi connectivity index (χ0v) is 10.2. The van der Waals surface area contributed by atoms with E-state index in [1.165, 1.54) is 5.56 Å². The van der Waals surface area contributed by atoms with Crippen LogP contribution in [0.25, 0.3) is 11.0 Å². The second-order valence-electron chi connectivity index (χ2n) is 3.92. The lowest BCUT2D eigenvalue weighted by Crippen LogP contribution is -2.04. The van der Waals surface area contributed by atoms with E-state index in [4.69, 9.17) is 5.73 Å². The molecule has 2 heterocycles. The van der Waals surface area contributed by atoms with Gasteiger partial charge in [0.05, 0.1) is 17.6 Å². The maximum atomic E-state index is 5.97. The monoisotopic (exact) mass is 244 g/mol. The van der Waals surface area contributed by atoms with E-state index in [1.54, 1.807) is 11.3 Å². The normalized spacial score (nSPS) is 11.1. The molecule has 0 saturated heterocycles. The number of aryl methyl sites for hydroxylation is 1. The Labute approximate surface area is 103 Å². The average molecular weight is 244 g/mol. The molecule has 0 aliphatic heterocycles. The maximum Gasteiger partial charge on any atom is 0.201 e. The van der Waals surface area contributed by atoms with Gasteiger partial charge < -0.3 is 10.3 Å². The predicted molar refractivity (Wildman–Crippen MR) is 70.1 cm³/mol. The number of nitrogen functional groups attached to an aromatic ring is 1. The molecule has 0 radical (unpaired) electrons. The zero-order chi connectivity index (χ0) is 11.8. The Bertz CT molecular complexity index is 655. The third-order valence-corrected chi connectivity index (χ3v) is 3.54. The van der Waals surface area contributed by atoms with E-state index in [1.807, 2.05) is 28.3 Å². The summed E-state index contributed by atoms with van der Waals surface area (Å²) in [6.07, 6.45) is 1.81. The number of imidazole rings is 1. The molecule has 0 aliphatic rings. The van der Waals surface area contributed by atoms with E-state index in [-0.39, 0.29) is 0 Å². The molecule has 0 saturated carbocycles. The van der Waals surface area contributed by atoms with E-state index >= 15 is 0 Å². The fraction of sp³-hybridized carbons (Fsp3) is 0.167. The minimum atomic E-state index is 0.546. The van der Waals surface area contributed by atoms with E-state index < -0.39 is 0 Å². The van der Waals surface area contributed by atoms with E-state index in [2.05, 4.69) is 23.0 Å². The van der Waals surface area contributed by atoms with Gasteiger partial charge in [-0.25, -0.2) is 9.97 Å². The SMILES string of the molecule is Cc1cccc2nc(N)n(Cc3nccs3)c12. The molecule has 0 amide bonds. The molecule has 3 rings (SSSR count). The Morgan fingerprint density at radius 2 is 2.29 bits per heavy atom. The lowest BCUT2D eigenvalue weighted by Gasteiger charge is -2.05. The number of benzene rings is 1. The van der Waals surface area contributed by atoms with Crippen LogP contribution in [0.5, 0.6) is 0 Å². The quantitative estimate of drug-likeness (QED) is 0.753. The fourth-order valence-corrected chi connectivity index (χ4v) is 2.61. The van der Waals surface area contributed by atoms with Crippen LogP contribution in [0.2, 0.25) is 0 Å². The van der Waals surface area contributed by atoms with Gasteiger partial charge in [-0.15, -0.1) is 11.3 Å². The summed E-state index contributed by atoms with van der Waals surface area (Å²) in [5.74, 6) is 0.546. The first-order valence-electron chi connectivity index (χ1n) is 5.35. The van der Waals surface area contributed by atoms with Crippen LogP contribution in [-0.4, -0.2) is 14.5 Å². The third kappa shape index (κ3) is 1.68. The van der Waals surface area contributed by atoms with Crippen molar-refractivity contribution in [1.29, 1.82) is 0 Å². The number of aromatic nitrogens is 3. The van der Waals surface area contributed by atoms with Crippen molar-refractivity contribution in [1.82, 2.24) is 14.5 Å². The molecule has 4 nitrogen and oxygen atoms in total. The van der Waals surface area contributed by atoms with Crippen LogP contribution < -0.4 is 5.73 Å². The minimum Gasteiger partial charge on any atom is -0.369 e. The lowest BCUT2D eigenvalue weighted by atomic mass is 10.2. The van der Waals surface area contributed by atoms with Gasteiger partial charge in [-0.1, -0.05) is 12.1 Å². The number of nitrogens with two attached hydrogens (primary N) is 1. The number of para-hydroxylation sites is 1. The van der Waals surface area contributed by atoms with Crippen molar-refractivity contribution >= 4 is 28.3 Å². The van der Waals surface area contributed by atoms with Crippen LogP contribution in [0.3, 0.4) is 0 Å². The van der Waals surface area contributed by atoms with Crippen LogP contribution in [0, 0.1) is 6.92 Å². The summed E-state index contributed by atoms with van der Waals surface area (Å²) in [7, 11) is 0. The average Bonchev–Trinajstić information content (AvgIpc) is 2.89. The summed E-state index contributed by atoms with van der Waals surface area (Å²) in [5, 5.41) is 3.01. The first-order valence-corrected chi connectivity index (χ1v) is 6.23. The molecular weight excluding hydrogens is 232 g/mol. The largest absolute Gasteiger partial charge is 0.369 e. The van der Waals surface area contributed by atoms with Gasteiger partial charge in [-0.05, 0) is 18.6 Å². The molecule has 1 aromatic carbocycles. The zero-order valence-electron chi connectivity index (χ0n) is 9.42. The molecule has 2 N–H and O–H groups in total. The van der Waals surface area contributed by atoms with Crippen LogP contribution in [0.15, 0.2) is 29.8 Å². The van der Waals surface area contributed by atoms with Crippen molar-refractivity contribution in [2.24, 2.45) is 0 Å². The van der Waals surface area contributed by atoms with Crippen molar-refractivity contribution in [3.8, 4) is 0 Å². The Hall–Kier alpha value is -1.88. The van der Waals surface area contributed by atoms with Crippen molar-refractivity contribution in [2.45, 2.75) is 13.5 Å². The fourth-order valence-electron chi connectivity index (χ4n) is 2.01. The molecule has 17 heavy (non-hydrogen) atoms. The second-order valence-corrected chi connectivity index (χ2v) is 4.90. The highest BCUT2D eigenvalue weighted by Crippen LogP contribution is 2.22. The molecule has 0 bridgehead atoms. The molecule has 0 atom stereocenters. The van der Waals surface area contributed by atoms with E-state index in [9.17, 15) is 0 Å². The molecule has 0 unspecified atom stereocenters. The van der Waals surface area contributed by atoms with Crippen molar-refractivity contribution in [3.63, 3.8) is 0 Å². The summed E-state index contributed by atoms with van der Waals surface area (Å²) >= 11 is 1.63. The molecule has 86 valence electrons. The number of hydrogen-bond acceptors (Lipinski definition) is 4. The first-order chi connectivity index (χ1) is 8.25. The molecule has 2 aromatic heterocycles. The van der Waals surface area contributed by atoms with Gasteiger partial charge >= 0.3 is 0 Å². The van der Waals surface area contributed by atoms with Crippen molar-refractivity contribution < 1.29 is 0 Å². The van der Waals surface area contributed by atoms with Crippen LogP contribution in [-0.2, 0) is 6.54 Å². The van der Waals surface area contributed by atoms with E-state index in [0.717, 1.165) is 16.0 Å². The van der Waals surface area contributed by atoms with Gasteiger partial charge in [0.1, 0.15) is 5.01 Å². The summed E-state index contributed by atoms with van der Waals surface area (Å²) in [4.78, 5) is 8.66. The highest BCUT2D eigenvalue weighted by atomic mass is 32.1. The second kappa shape index (κ2) is 3.85. The summed E-state index contributed by atoms with van der Waals surface area (Å²) in [6.45, 7) is 2.76. The van der Waals surface area contributed by atoms with Crippen LogP contribution in [0.4, 0.5) is 5.95 Å². The molecule has 0 aliphatic carbocycles. The van der Waals surface area contributed by atoms with Gasteiger partial charge in [-0.2, -0.15) is 0 Å². The van der Waals surface area contributed by atoms with Gasteiger partial charge in [-0.3, -0.25) is 0 Å². The van der Waals surface area contributed by atoms with Crippen LogP contribution >= 0.6 is 11.3 Å². The number of thiazole rings is 1. The highest BCUT2D eigenvalue weighted by Gasteiger charge is 2.11. The topological polar surface area (TPSA) is 56.7 Å². The minimum absolute atomic E-state index is 0.546. The number of rotatable bonds is 2. The highest BCUT2D eigenvalue weighted by molar-refractivity contribution is 7.09. The molecule has 5 heteroatoms. The Morgan fingerprint density at radius 1 is 1.41 bits per heavy atom. The molecular formula is C12H12N4S. The smallest absolute Gasteiger partial charge is 0.201 e. The Balaban J connectivity index is 2.18. The Kier molecular flexibility index (Phi) is 2.33. The summed E-state index contributed by atoms with van der Waals surface area (Å²) in [5.41, 5.74) is 9.19. The van der Waals surface area contributed by atoms with Crippen molar-refractivity contribution in [2.75, 3.05) is 5.73 Å². The van der Waals surface area contributed by atoms with Gasteiger partial charge in [0.15, 0.2) is 0 Å². The predicted octanol–water partition coefficient (Wildman–Crippen LogP) is 2.43. The van der Waals surface area contributed by atoms with Crippen molar-refractivity contribution in [3.05, 3.63) is 40.3 Å². The maximum absolute atomic E-state index is 5.97. The van der Waals surface area contributed by atoms with Gasteiger partial charge in [0.25, 0.3) is 0 Å². The first kappa shape index (κ1) is 10.3. The number of nitrogens with zero attached hydrogens (tertiary/aromatic N) is 3. The lowest BCUT2D eigenvalue weighted by molar-refractivity contribution is 0.827. The molecule has 0 fully saturated rings.